The first-order valence-electron chi connectivity index (χ1n) is 5.65. The first-order chi connectivity index (χ1) is 8.86. The summed E-state index contributed by atoms with van der Waals surface area (Å²) in [5, 5.41) is 12.4. The molecule has 19 heavy (non-hydrogen) atoms. The molecule has 0 bridgehead atoms. The second-order valence-corrected chi connectivity index (χ2v) is 4.88. The molecule has 0 aromatic heterocycles. The summed E-state index contributed by atoms with van der Waals surface area (Å²) < 4.78 is 0. The van der Waals surface area contributed by atoms with Crippen LogP contribution < -0.4 is 0 Å². The normalized spacial score (nSPS) is 11.6. The van der Waals surface area contributed by atoms with Gasteiger partial charge in [-0.15, -0.1) is 0 Å². The van der Waals surface area contributed by atoms with Gasteiger partial charge >= 0.3 is 5.97 Å². The van der Waals surface area contributed by atoms with E-state index in [-0.39, 0.29) is 5.71 Å². The van der Waals surface area contributed by atoms with Crippen LogP contribution in [0, 0.1) is 16.7 Å². The lowest BCUT2D eigenvalue weighted by atomic mass is 9.91. The highest BCUT2D eigenvalue weighted by molar-refractivity contribution is 6.35. The predicted octanol–water partition coefficient (Wildman–Crippen LogP) is 2.07. The van der Waals surface area contributed by atoms with Crippen molar-refractivity contribution in [1.29, 1.82) is 5.26 Å². The minimum absolute atomic E-state index is 0.0596. The molecule has 0 aliphatic heterocycles. The van der Waals surface area contributed by atoms with Crippen molar-refractivity contribution in [2.45, 2.75) is 20.8 Å². The number of carbonyl (C=O) groups is 2. The number of ketones is 1. The molecule has 0 saturated carbocycles. The molecule has 0 amide bonds. The first kappa shape index (κ1) is 14.6. The number of Topliss-reactive ketones (excluding diaryl/α,β-unsaturated/α-hetero) is 1. The first-order valence-corrected chi connectivity index (χ1v) is 5.65. The van der Waals surface area contributed by atoms with Crippen LogP contribution in [0.1, 0.15) is 26.3 Å². The maximum absolute atomic E-state index is 11.6. The number of carbonyl (C=O) groups excluding carboxylic acids is 2. The Labute approximate surface area is 111 Å². The van der Waals surface area contributed by atoms with Crippen LogP contribution in [0.25, 0.3) is 0 Å². The molecule has 0 aliphatic rings. The highest BCUT2D eigenvalue weighted by Crippen LogP contribution is 2.15. The fraction of sp³-hybridized carbons (Fsp3) is 0.286. The van der Waals surface area contributed by atoms with Crippen LogP contribution in [-0.4, -0.2) is 17.5 Å². The Morgan fingerprint density at radius 2 is 1.79 bits per heavy atom. The predicted molar refractivity (Wildman–Crippen MR) is 69.1 cm³/mol. The summed E-state index contributed by atoms with van der Waals surface area (Å²) >= 11 is 0. The topological polar surface area (TPSA) is 79.5 Å². The summed E-state index contributed by atoms with van der Waals surface area (Å²) in [5.41, 5.74) is -0.386. The minimum atomic E-state index is -1.07. The van der Waals surface area contributed by atoms with Crippen molar-refractivity contribution in [3.05, 3.63) is 35.9 Å². The molecule has 0 radical (unpaired) electrons. The molecular weight excluding hydrogens is 244 g/mol. The average Bonchev–Trinajstić information content (AvgIpc) is 2.38. The molecule has 0 aliphatic carbocycles. The maximum Gasteiger partial charge on any atom is 0.401 e. The summed E-state index contributed by atoms with van der Waals surface area (Å²) in [6, 6.07) is 10.4. The molecule has 5 heteroatoms. The van der Waals surface area contributed by atoms with Crippen molar-refractivity contribution in [2.24, 2.45) is 10.6 Å². The van der Waals surface area contributed by atoms with Crippen molar-refractivity contribution >= 4 is 17.5 Å². The van der Waals surface area contributed by atoms with Crippen molar-refractivity contribution in [3.63, 3.8) is 0 Å². The van der Waals surface area contributed by atoms with E-state index in [0.29, 0.717) is 5.56 Å². The van der Waals surface area contributed by atoms with Gasteiger partial charge in [0.05, 0.1) is 0 Å². The number of oxime groups is 1. The number of rotatable bonds is 3. The van der Waals surface area contributed by atoms with E-state index in [2.05, 4.69) is 9.99 Å². The van der Waals surface area contributed by atoms with Crippen LogP contribution in [0.2, 0.25) is 0 Å². The van der Waals surface area contributed by atoms with E-state index < -0.39 is 17.2 Å². The summed E-state index contributed by atoms with van der Waals surface area (Å²) in [4.78, 5) is 27.5. The summed E-state index contributed by atoms with van der Waals surface area (Å²) in [7, 11) is 0. The number of hydrogen-bond donors (Lipinski definition) is 0. The molecule has 0 saturated heterocycles. The fourth-order valence-corrected chi connectivity index (χ4v) is 1.17. The highest BCUT2D eigenvalue weighted by atomic mass is 16.7. The van der Waals surface area contributed by atoms with Gasteiger partial charge in [-0.05, 0) is 0 Å². The van der Waals surface area contributed by atoms with Crippen LogP contribution in [-0.2, 0) is 14.4 Å². The SMILES string of the molecule is CC(C)(C)C(=O)C(=O)ON=C(C#N)c1ccccc1. The van der Waals surface area contributed by atoms with Gasteiger partial charge in [0.15, 0.2) is 5.71 Å². The molecule has 1 rings (SSSR count). The fourth-order valence-electron chi connectivity index (χ4n) is 1.17. The molecule has 0 unspecified atom stereocenters. The van der Waals surface area contributed by atoms with E-state index in [1.54, 1.807) is 51.1 Å². The van der Waals surface area contributed by atoms with Crippen LogP contribution in [0.15, 0.2) is 35.5 Å². The molecule has 1 aromatic rings. The number of benzene rings is 1. The molecule has 0 spiro atoms. The van der Waals surface area contributed by atoms with E-state index >= 15 is 0 Å². The summed E-state index contributed by atoms with van der Waals surface area (Å²) in [6.45, 7) is 4.80. The van der Waals surface area contributed by atoms with Gasteiger partial charge in [-0.25, -0.2) is 4.79 Å². The standard InChI is InChI=1S/C14H14N2O3/c1-14(2,3)12(17)13(18)19-16-11(9-15)10-7-5-4-6-8-10/h4-8H,1-3H3. The Morgan fingerprint density at radius 3 is 2.26 bits per heavy atom. The third-order valence-corrected chi connectivity index (χ3v) is 2.24. The van der Waals surface area contributed by atoms with Gasteiger partial charge in [-0.1, -0.05) is 56.3 Å². The van der Waals surface area contributed by atoms with Crippen molar-refractivity contribution in [2.75, 3.05) is 0 Å². The quantitative estimate of drug-likeness (QED) is 0.360. The number of nitrogens with zero attached hydrogens (tertiary/aromatic N) is 2. The van der Waals surface area contributed by atoms with Gasteiger partial charge in [0, 0.05) is 11.0 Å². The Hall–Kier alpha value is -2.48. The minimum Gasteiger partial charge on any atom is -0.308 e. The Balaban J connectivity index is 2.84. The van der Waals surface area contributed by atoms with Crippen LogP contribution in [0.3, 0.4) is 0 Å². The third kappa shape index (κ3) is 4.03. The lowest BCUT2D eigenvalue weighted by Crippen LogP contribution is -2.29. The zero-order chi connectivity index (χ0) is 14.5. The summed E-state index contributed by atoms with van der Waals surface area (Å²) in [6.07, 6.45) is 0. The summed E-state index contributed by atoms with van der Waals surface area (Å²) in [5.74, 6) is -1.77. The van der Waals surface area contributed by atoms with Gasteiger partial charge in [0.2, 0.25) is 5.78 Å². The second kappa shape index (κ2) is 5.91. The van der Waals surface area contributed by atoms with Crippen molar-refractivity contribution in [1.82, 2.24) is 0 Å². The largest absolute Gasteiger partial charge is 0.401 e. The molecule has 5 nitrogen and oxygen atoms in total. The second-order valence-electron chi connectivity index (χ2n) is 4.88. The van der Waals surface area contributed by atoms with Crippen LogP contribution in [0.4, 0.5) is 0 Å². The Kier molecular flexibility index (Phi) is 4.54. The van der Waals surface area contributed by atoms with Gasteiger partial charge in [-0.2, -0.15) is 5.26 Å². The molecule has 0 fully saturated rings. The molecule has 0 N–H and O–H groups in total. The van der Waals surface area contributed by atoms with Crippen LogP contribution in [0.5, 0.6) is 0 Å². The average molecular weight is 258 g/mol. The molecule has 1 aromatic carbocycles. The zero-order valence-corrected chi connectivity index (χ0v) is 11.0. The van der Waals surface area contributed by atoms with Gasteiger partial charge in [0.25, 0.3) is 0 Å². The van der Waals surface area contributed by atoms with Crippen LogP contribution >= 0.6 is 0 Å². The van der Waals surface area contributed by atoms with Gasteiger partial charge in [-0.3, -0.25) is 4.79 Å². The van der Waals surface area contributed by atoms with E-state index in [0.717, 1.165) is 0 Å². The molecule has 0 atom stereocenters. The third-order valence-electron chi connectivity index (χ3n) is 2.24. The van der Waals surface area contributed by atoms with Gasteiger partial charge in [0.1, 0.15) is 6.07 Å². The lowest BCUT2D eigenvalue weighted by molar-refractivity contribution is -0.157. The van der Waals surface area contributed by atoms with Crippen molar-refractivity contribution < 1.29 is 14.4 Å². The smallest absolute Gasteiger partial charge is 0.308 e. The van der Waals surface area contributed by atoms with E-state index in [9.17, 15) is 9.59 Å². The molecule has 0 heterocycles. The van der Waals surface area contributed by atoms with Crippen molar-refractivity contribution in [3.8, 4) is 6.07 Å². The Bertz CT molecular complexity index is 548. The van der Waals surface area contributed by atoms with Gasteiger partial charge < -0.3 is 4.84 Å². The lowest BCUT2D eigenvalue weighted by Gasteiger charge is -2.13. The monoisotopic (exact) mass is 258 g/mol. The zero-order valence-electron chi connectivity index (χ0n) is 11.0. The van der Waals surface area contributed by atoms with E-state index in [1.165, 1.54) is 0 Å². The maximum atomic E-state index is 11.6. The molecular formula is C14H14N2O3. The number of nitriles is 1. The highest BCUT2D eigenvalue weighted by Gasteiger charge is 2.30. The molecule has 98 valence electrons. The van der Waals surface area contributed by atoms with E-state index in [1.807, 2.05) is 6.07 Å². The number of hydrogen-bond acceptors (Lipinski definition) is 5. The van der Waals surface area contributed by atoms with E-state index in [4.69, 9.17) is 5.26 Å². The Morgan fingerprint density at radius 1 is 1.21 bits per heavy atom.